The third kappa shape index (κ3) is 4.71. The van der Waals surface area contributed by atoms with Crippen LogP contribution in [0, 0.1) is 0 Å². The highest BCUT2D eigenvalue weighted by Gasteiger charge is 2.12. The van der Waals surface area contributed by atoms with Crippen LogP contribution in [0.4, 0.5) is 0 Å². The molecule has 0 saturated carbocycles. The maximum absolute atomic E-state index is 4.33. The molecule has 16 heavy (non-hydrogen) atoms. The first-order chi connectivity index (χ1) is 7.86. The zero-order valence-electron chi connectivity index (χ0n) is 11.3. The number of nitrogens with zero attached hydrogens (tertiary/aromatic N) is 3. The molecule has 0 fully saturated rings. The highest BCUT2D eigenvalue weighted by molar-refractivity contribution is 5.11. The normalized spacial score (nSPS) is 14.6. The average Bonchev–Trinajstić information content (AvgIpc) is 2.55. The smallest absolute Gasteiger partial charge is 0.0758 e. The Kier molecular flexibility index (Phi) is 8.72. The number of aryl methyl sites for hydroxylation is 1. The highest BCUT2D eigenvalue weighted by Crippen LogP contribution is 2.11. The molecule has 3 nitrogen and oxygen atoms in total. The van der Waals surface area contributed by atoms with Crippen LogP contribution >= 0.6 is 0 Å². The number of hydrogen-bond acceptors (Lipinski definition) is 3. The summed E-state index contributed by atoms with van der Waals surface area (Å²) >= 11 is 0. The lowest BCUT2D eigenvalue weighted by Crippen LogP contribution is -2.17. The van der Waals surface area contributed by atoms with Gasteiger partial charge in [-0.1, -0.05) is 27.7 Å². The quantitative estimate of drug-likeness (QED) is 0.677. The molecule has 0 atom stereocenters. The van der Waals surface area contributed by atoms with Gasteiger partial charge in [0, 0.05) is 18.9 Å². The van der Waals surface area contributed by atoms with E-state index in [1.54, 1.807) is 12.4 Å². The number of hydrogen-bond donors (Lipinski definition) is 0. The summed E-state index contributed by atoms with van der Waals surface area (Å²) in [6.45, 7) is 10.1. The van der Waals surface area contributed by atoms with E-state index in [1.165, 1.54) is 12.1 Å². The molecule has 0 spiro atoms. The lowest BCUT2D eigenvalue weighted by molar-refractivity contribution is 0.329. The molecule has 0 bridgehead atoms. The second-order valence-electron chi connectivity index (χ2n) is 3.29. The van der Waals surface area contributed by atoms with Crippen LogP contribution in [0.25, 0.3) is 0 Å². The number of fused-ring (bicyclic) bond motifs is 1. The van der Waals surface area contributed by atoms with Gasteiger partial charge in [0.25, 0.3) is 0 Å². The van der Waals surface area contributed by atoms with E-state index in [9.17, 15) is 0 Å². The first kappa shape index (κ1) is 15.0. The molecular formula is C13H25N3. The molecule has 2 rings (SSSR count). The molecule has 2 heterocycles. The Labute approximate surface area is 99.9 Å². The van der Waals surface area contributed by atoms with Crippen molar-refractivity contribution >= 4 is 0 Å². The lowest BCUT2D eigenvalue weighted by atomic mass is 10.2. The van der Waals surface area contributed by atoms with Crippen LogP contribution in [0.5, 0.6) is 0 Å². The maximum Gasteiger partial charge on any atom is 0.0758 e. The van der Waals surface area contributed by atoms with Crippen molar-refractivity contribution in [3.05, 3.63) is 23.8 Å². The van der Waals surface area contributed by atoms with Gasteiger partial charge in [-0.15, -0.1) is 0 Å². The van der Waals surface area contributed by atoms with Gasteiger partial charge < -0.3 is 4.90 Å². The minimum atomic E-state index is 0.948. The fourth-order valence-electron chi connectivity index (χ4n) is 1.59. The van der Waals surface area contributed by atoms with E-state index in [0.717, 1.165) is 25.2 Å². The zero-order valence-corrected chi connectivity index (χ0v) is 11.3. The van der Waals surface area contributed by atoms with Crippen LogP contribution in [0.3, 0.4) is 0 Å². The Hall–Kier alpha value is -0.960. The van der Waals surface area contributed by atoms with Crippen LogP contribution < -0.4 is 0 Å². The predicted molar refractivity (Wildman–Crippen MR) is 69.4 cm³/mol. The number of rotatable bonds is 0. The fraction of sp³-hybridized carbons (Fsp3) is 0.692. The molecule has 0 unspecified atom stereocenters. The molecule has 0 saturated heterocycles. The molecule has 92 valence electrons. The van der Waals surface area contributed by atoms with Crippen LogP contribution in [0.2, 0.25) is 0 Å². The van der Waals surface area contributed by atoms with E-state index in [-0.39, 0.29) is 0 Å². The van der Waals surface area contributed by atoms with Crippen molar-refractivity contribution in [1.29, 1.82) is 0 Å². The van der Waals surface area contributed by atoms with Crippen molar-refractivity contribution in [3.8, 4) is 0 Å². The van der Waals surface area contributed by atoms with Crippen molar-refractivity contribution in [2.45, 2.75) is 47.1 Å². The van der Waals surface area contributed by atoms with Crippen molar-refractivity contribution in [1.82, 2.24) is 14.9 Å². The first-order valence-electron chi connectivity index (χ1n) is 6.33. The van der Waals surface area contributed by atoms with Gasteiger partial charge in [-0.3, -0.25) is 9.97 Å². The van der Waals surface area contributed by atoms with E-state index in [4.69, 9.17) is 0 Å². The third-order valence-electron chi connectivity index (χ3n) is 2.23. The van der Waals surface area contributed by atoms with E-state index in [1.807, 2.05) is 27.7 Å². The van der Waals surface area contributed by atoms with Gasteiger partial charge in [0.15, 0.2) is 0 Å². The second kappa shape index (κ2) is 9.28. The van der Waals surface area contributed by atoms with Crippen LogP contribution in [-0.4, -0.2) is 28.5 Å². The zero-order chi connectivity index (χ0) is 12.4. The van der Waals surface area contributed by atoms with Gasteiger partial charge in [-0.05, 0) is 26.4 Å². The van der Waals surface area contributed by atoms with Gasteiger partial charge in [-0.2, -0.15) is 0 Å². The van der Waals surface area contributed by atoms with Crippen molar-refractivity contribution in [2.24, 2.45) is 0 Å². The minimum absolute atomic E-state index is 0.948. The van der Waals surface area contributed by atoms with Gasteiger partial charge in [0.1, 0.15) is 0 Å². The average molecular weight is 223 g/mol. The third-order valence-corrected chi connectivity index (χ3v) is 2.23. The summed E-state index contributed by atoms with van der Waals surface area (Å²) < 4.78 is 0. The van der Waals surface area contributed by atoms with Crippen LogP contribution in [0.1, 0.15) is 45.5 Å². The van der Waals surface area contributed by atoms with Crippen molar-refractivity contribution < 1.29 is 0 Å². The van der Waals surface area contributed by atoms with Gasteiger partial charge in [-0.25, -0.2) is 0 Å². The SMILES string of the molecule is CC.CC.CN1CCCc2nccnc2C1. The van der Waals surface area contributed by atoms with Crippen LogP contribution in [-0.2, 0) is 13.0 Å². The molecule has 0 aromatic carbocycles. The topological polar surface area (TPSA) is 29.0 Å². The standard InChI is InChI=1S/C9H13N3.2C2H6/c1-12-6-2-3-8-9(7-12)11-5-4-10-8;2*1-2/h4-5H,2-3,6-7H2,1H3;2*1-2H3. The molecule has 1 aliphatic rings. The first-order valence-corrected chi connectivity index (χ1v) is 6.33. The molecule has 0 radical (unpaired) electrons. The van der Waals surface area contributed by atoms with E-state index in [0.29, 0.717) is 0 Å². The second-order valence-corrected chi connectivity index (χ2v) is 3.29. The van der Waals surface area contributed by atoms with Crippen LogP contribution in [0.15, 0.2) is 12.4 Å². The molecule has 1 aromatic heterocycles. The molecule has 0 N–H and O–H groups in total. The monoisotopic (exact) mass is 223 g/mol. The Morgan fingerprint density at radius 3 is 2.19 bits per heavy atom. The molecule has 0 amide bonds. The number of aromatic nitrogens is 2. The Morgan fingerprint density at radius 1 is 1.00 bits per heavy atom. The Balaban J connectivity index is 0.000000509. The minimum Gasteiger partial charge on any atom is -0.300 e. The van der Waals surface area contributed by atoms with Crippen molar-refractivity contribution in [2.75, 3.05) is 13.6 Å². The summed E-state index contributed by atoms with van der Waals surface area (Å²) in [5.74, 6) is 0. The predicted octanol–water partition coefficient (Wildman–Crippen LogP) is 2.91. The largest absolute Gasteiger partial charge is 0.300 e. The van der Waals surface area contributed by atoms with Crippen molar-refractivity contribution in [3.63, 3.8) is 0 Å². The Bertz CT molecular complexity index is 274. The summed E-state index contributed by atoms with van der Waals surface area (Å²) in [5.41, 5.74) is 2.33. The molecule has 0 aliphatic carbocycles. The van der Waals surface area contributed by atoms with E-state index in [2.05, 4.69) is 21.9 Å². The molecule has 1 aromatic rings. The molecule has 1 aliphatic heterocycles. The Morgan fingerprint density at radius 2 is 1.56 bits per heavy atom. The maximum atomic E-state index is 4.33. The van der Waals surface area contributed by atoms with Gasteiger partial charge in [0.2, 0.25) is 0 Å². The summed E-state index contributed by atoms with van der Waals surface area (Å²) in [4.78, 5) is 10.9. The van der Waals surface area contributed by atoms with E-state index >= 15 is 0 Å². The lowest BCUT2D eigenvalue weighted by Gasteiger charge is -2.11. The molecular weight excluding hydrogens is 198 g/mol. The fourth-order valence-corrected chi connectivity index (χ4v) is 1.59. The molecule has 3 heteroatoms. The van der Waals surface area contributed by atoms with E-state index < -0.39 is 0 Å². The summed E-state index contributed by atoms with van der Waals surface area (Å²) in [7, 11) is 2.13. The summed E-state index contributed by atoms with van der Waals surface area (Å²) in [6.07, 6.45) is 5.83. The van der Waals surface area contributed by atoms with Gasteiger partial charge in [0.05, 0.1) is 11.4 Å². The van der Waals surface area contributed by atoms with Gasteiger partial charge >= 0.3 is 0 Å². The summed E-state index contributed by atoms with van der Waals surface area (Å²) in [6, 6.07) is 0. The highest BCUT2D eigenvalue weighted by atomic mass is 15.1. The summed E-state index contributed by atoms with van der Waals surface area (Å²) in [5, 5.41) is 0.